The summed E-state index contributed by atoms with van der Waals surface area (Å²) in [6, 6.07) is 31.4. The minimum Gasteiger partial charge on any atom is -0.490 e. The van der Waals surface area contributed by atoms with Crippen molar-refractivity contribution in [3.8, 4) is 43.9 Å². The van der Waals surface area contributed by atoms with Crippen LogP contribution < -0.4 is 55.3 Å². The molecular formula is C95H120N16O20S2. The lowest BCUT2D eigenvalue weighted by Gasteiger charge is -2.35. The molecule has 0 radical (unpaired) electrons. The van der Waals surface area contributed by atoms with Crippen molar-refractivity contribution >= 4 is 98.4 Å². The van der Waals surface area contributed by atoms with Crippen LogP contribution in [0.2, 0.25) is 0 Å². The second-order valence-electron chi connectivity index (χ2n) is 35.9. The van der Waals surface area contributed by atoms with Crippen molar-refractivity contribution in [1.82, 2.24) is 71.2 Å². The van der Waals surface area contributed by atoms with Crippen LogP contribution in [0.25, 0.3) is 43.1 Å². The van der Waals surface area contributed by atoms with E-state index in [1.807, 2.05) is 195 Å². The highest BCUT2D eigenvalue weighted by atomic mass is 32.1. The van der Waals surface area contributed by atoms with Crippen LogP contribution in [-0.4, -0.2) is 270 Å². The van der Waals surface area contributed by atoms with Gasteiger partial charge in [0.15, 0.2) is 11.2 Å². The molecule has 6 atom stereocenters. The zero-order valence-corrected chi connectivity index (χ0v) is 78.7. The van der Waals surface area contributed by atoms with Gasteiger partial charge < -0.3 is 113 Å². The number of aliphatic hydroxyl groups is 2. The number of β-amino-alcohol motifs (C(OH)–C–C–N with tert-alkyl or cyclic N) is 2. The first-order valence-electron chi connectivity index (χ1n) is 44.6. The van der Waals surface area contributed by atoms with Gasteiger partial charge in [-0.3, -0.25) is 38.7 Å². The van der Waals surface area contributed by atoms with E-state index >= 15 is 0 Å². The maximum Gasteiger partial charge on any atom is 0.410 e. The van der Waals surface area contributed by atoms with Crippen LogP contribution in [0.3, 0.4) is 0 Å². The number of likely N-dealkylation sites (tertiary alicyclic amines) is 2. The molecule has 4 saturated heterocycles. The molecule has 7 amide bonds. The summed E-state index contributed by atoms with van der Waals surface area (Å²) in [6.07, 6.45) is 1.36. The molecule has 712 valence electrons. The van der Waals surface area contributed by atoms with E-state index in [1.165, 1.54) is 9.80 Å². The molecule has 36 nitrogen and oxygen atoms in total. The number of hydrogen-bond acceptors (Lipinski definition) is 31. The Kier molecular flexibility index (Phi) is 34.1. The smallest absolute Gasteiger partial charge is 0.410 e. The summed E-state index contributed by atoms with van der Waals surface area (Å²) in [5, 5.41) is 35.8. The maximum absolute atomic E-state index is 14.0. The molecule has 6 aromatic heterocycles. The first-order valence-corrected chi connectivity index (χ1v) is 46.4. The van der Waals surface area contributed by atoms with Crippen molar-refractivity contribution in [2.75, 3.05) is 141 Å². The van der Waals surface area contributed by atoms with E-state index in [1.54, 1.807) is 46.0 Å². The number of carbonyl (C=O) groups excluding carboxylic acids is 7. The number of rotatable bonds is 38. The maximum atomic E-state index is 14.0. The van der Waals surface area contributed by atoms with Gasteiger partial charge in [-0.25, -0.2) is 14.8 Å². The Balaban J connectivity index is 0.000000227. The predicted octanol–water partition coefficient (Wildman–Crippen LogP) is 9.38. The number of amides is 7. The Morgan fingerprint density at radius 1 is 0.489 bits per heavy atom. The van der Waals surface area contributed by atoms with Gasteiger partial charge in [-0.15, -0.1) is 22.7 Å². The van der Waals surface area contributed by atoms with Crippen molar-refractivity contribution in [3.63, 3.8) is 0 Å². The number of fused-ring (bicyclic) bond motifs is 2. The van der Waals surface area contributed by atoms with Gasteiger partial charge in [0.1, 0.15) is 103 Å². The normalized spacial score (nSPS) is 17.0. The van der Waals surface area contributed by atoms with Gasteiger partial charge in [-0.2, -0.15) is 9.97 Å². The van der Waals surface area contributed by atoms with E-state index in [0.717, 1.165) is 80.8 Å². The molecule has 14 rings (SSSR count). The number of pyridine rings is 2. The van der Waals surface area contributed by atoms with Crippen LogP contribution in [0.4, 0.5) is 16.8 Å². The van der Waals surface area contributed by atoms with Crippen LogP contribution in [0.1, 0.15) is 109 Å². The number of aliphatic hydroxyl groups excluding tert-OH is 2. The fourth-order valence-corrected chi connectivity index (χ4v) is 16.8. The van der Waals surface area contributed by atoms with Crippen molar-refractivity contribution in [3.05, 3.63) is 167 Å². The molecule has 133 heavy (non-hydrogen) atoms. The van der Waals surface area contributed by atoms with Gasteiger partial charge >= 0.3 is 6.09 Å². The van der Waals surface area contributed by atoms with Crippen LogP contribution in [0, 0.1) is 24.7 Å². The second kappa shape index (κ2) is 46.1. The lowest BCUT2D eigenvalue weighted by Crippen LogP contribution is -2.58. The molecule has 38 heteroatoms. The van der Waals surface area contributed by atoms with Gasteiger partial charge in [0.2, 0.25) is 35.4 Å². The van der Waals surface area contributed by atoms with Crippen molar-refractivity contribution in [2.24, 2.45) is 10.8 Å². The van der Waals surface area contributed by atoms with Crippen molar-refractivity contribution in [1.29, 1.82) is 0 Å². The number of piperazine rings is 2. The number of hydrogen-bond donors (Lipinski definition) is 7. The largest absolute Gasteiger partial charge is 0.490 e. The van der Waals surface area contributed by atoms with Crippen LogP contribution >= 0.6 is 22.7 Å². The molecule has 0 unspecified atom stereocenters. The number of aryl methyl sites for hydroxylation is 2. The highest BCUT2D eigenvalue weighted by Gasteiger charge is 2.47. The number of aromatic nitrogens is 6. The van der Waals surface area contributed by atoms with Gasteiger partial charge in [0.25, 0.3) is 12.0 Å². The Labute approximate surface area is 780 Å². The molecule has 0 aliphatic carbocycles. The van der Waals surface area contributed by atoms with Crippen LogP contribution in [0.15, 0.2) is 141 Å². The molecule has 4 fully saturated rings. The van der Waals surface area contributed by atoms with E-state index in [0.29, 0.717) is 83.6 Å². The zero-order valence-electron chi connectivity index (χ0n) is 77.0. The molecule has 4 aromatic carbocycles. The quantitative estimate of drug-likeness (QED) is 0.0177. The standard InChI is InChI=1S/C50H64N8O11S.C45H56N8O9S/c1-32-43(70-31-53-32)34-10-8-33(9-11-34)26-52-45(61)40-24-36(59)28-58(40)46(62)44(49(2,3)4)55-42(60)30-65-21-20-64-22-23-66-38-13-12-35(51-27-38)29-67-37-14-15-41-39(25-37)54-47(68-41)56-16-18-57(19-17-56)48(63)69-50(5,6)7;1-29-40(63-28-49-29)31-7-5-30(6-8-31)23-48-42(56)37-21-33(54)25-53(37)43(57)41(45(2,3)4)51-39(55)27-59-18-17-58-19-20-60-35-10-9-32(47-24-35)26-61-34-11-12-38-36(22-34)50-44(62-38)52-15-13-46-14-16-52/h8-15,25,27,31,36,40,44,59H,16-24,26,28-30H2,1-7H3,(H,52,61)(H,55,60);5-12,22,24,28,33,37,41,46,54H,13-21,23,25-27H2,1-4H3,(H,48,56)(H,51,55)/t36-,40+,44-;33-,37+,41-/m11/s1. The number of anilines is 2. The molecular weight excluding hydrogens is 1750 g/mol. The van der Waals surface area contributed by atoms with Gasteiger partial charge in [-0.05, 0) is 116 Å². The number of nitrogens with one attached hydrogen (secondary N) is 5. The molecule has 4 aliphatic heterocycles. The number of carbonyl (C=O) groups is 7. The summed E-state index contributed by atoms with van der Waals surface area (Å²) < 4.78 is 63.2. The summed E-state index contributed by atoms with van der Waals surface area (Å²) in [5.74, 6) is -0.196. The summed E-state index contributed by atoms with van der Waals surface area (Å²) in [5.41, 5.74) is 11.7. The third kappa shape index (κ3) is 28.3. The van der Waals surface area contributed by atoms with E-state index in [4.69, 9.17) is 51.5 Å². The Morgan fingerprint density at radius 2 is 0.895 bits per heavy atom. The number of benzene rings is 4. The topological polar surface area (TPSA) is 423 Å². The lowest BCUT2D eigenvalue weighted by atomic mass is 9.85. The van der Waals surface area contributed by atoms with E-state index in [9.17, 15) is 43.8 Å². The summed E-state index contributed by atoms with van der Waals surface area (Å²) in [6.45, 7) is 28.3. The minimum absolute atomic E-state index is 0.0154. The van der Waals surface area contributed by atoms with E-state index < -0.39 is 76.4 Å². The average Bonchev–Trinajstić information content (AvgIpc) is 1.67. The third-order valence-electron chi connectivity index (χ3n) is 22.3. The van der Waals surface area contributed by atoms with E-state index in [2.05, 4.69) is 61.4 Å². The fourth-order valence-electron chi connectivity index (χ4n) is 15.2. The SMILES string of the molecule is Cc1ncsc1-c1ccc(CNC(=O)[C@@H]2C[C@@H](O)CN2C(=O)[C@@H](NC(=O)COCCOCCOc2ccc(COc3ccc4oc(N5CCN(C(=O)OC(C)(C)C)CC5)nc4c3)nc2)C(C)(C)C)cc1.Cc1ncsc1-c1ccc(CNC(=O)[C@@H]2C[C@@H](O)CN2C(=O)[C@@H](NC(=O)COCCOCCOc2ccc(COc3ccc4oc(N5CCNCC5)nc4c3)nc2)C(C)(C)C)cc1. The van der Waals surface area contributed by atoms with Crippen LogP contribution in [-0.2, 0) is 78.8 Å². The monoisotopic (exact) mass is 1870 g/mol. The number of thiazole rings is 2. The Bertz CT molecular complexity index is 5510. The predicted molar refractivity (Wildman–Crippen MR) is 498 cm³/mol. The van der Waals surface area contributed by atoms with E-state index in [-0.39, 0.29) is 136 Å². The number of oxazole rings is 2. The number of ether oxygens (including phenoxy) is 9. The molecule has 4 aliphatic rings. The first kappa shape index (κ1) is 98.5. The van der Waals surface area contributed by atoms with Gasteiger partial charge in [0.05, 0.1) is 108 Å². The van der Waals surface area contributed by atoms with Gasteiger partial charge in [0, 0.05) is 104 Å². The van der Waals surface area contributed by atoms with Crippen LogP contribution in [0.5, 0.6) is 23.0 Å². The summed E-state index contributed by atoms with van der Waals surface area (Å²) in [7, 11) is 0. The Hall–Kier alpha value is -12.0. The molecule has 0 saturated carbocycles. The lowest BCUT2D eigenvalue weighted by molar-refractivity contribution is -0.144. The highest BCUT2D eigenvalue weighted by molar-refractivity contribution is 7.13. The average molecular weight is 1870 g/mol. The number of nitrogens with zero attached hydrogens (tertiary/aromatic N) is 11. The van der Waals surface area contributed by atoms with Crippen molar-refractivity contribution < 1.29 is 95.2 Å². The third-order valence-corrected chi connectivity index (χ3v) is 24.2. The summed E-state index contributed by atoms with van der Waals surface area (Å²) in [4.78, 5) is 131. The highest BCUT2D eigenvalue weighted by Crippen LogP contribution is 2.35. The molecule has 10 heterocycles. The van der Waals surface area contributed by atoms with Crippen molar-refractivity contribution in [2.45, 2.75) is 157 Å². The summed E-state index contributed by atoms with van der Waals surface area (Å²) >= 11 is 3.14. The molecule has 7 N–H and O–H groups in total. The first-order chi connectivity index (χ1) is 63.8. The molecule has 0 spiro atoms. The molecule has 10 aromatic rings. The fraction of sp³-hybridized carbons (Fsp3) is 0.484. The molecule has 0 bridgehead atoms. The minimum atomic E-state index is -0.977. The Morgan fingerprint density at radius 3 is 1.29 bits per heavy atom. The zero-order chi connectivity index (χ0) is 94.4. The van der Waals surface area contributed by atoms with Gasteiger partial charge in [-0.1, -0.05) is 90.1 Å². The second-order valence-corrected chi connectivity index (χ2v) is 37.6.